The molecule has 0 aromatic carbocycles. The van der Waals surface area contributed by atoms with Crippen molar-refractivity contribution >= 4 is 5.82 Å². The Morgan fingerprint density at radius 2 is 1.65 bits per heavy atom. The minimum absolute atomic E-state index is 0.0343. The molecule has 1 rings (SSSR count). The molecule has 0 amide bonds. The molecule has 1 heterocycles. The molecule has 0 fully saturated rings. The summed E-state index contributed by atoms with van der Waals surface area (Å²) in [5.74, 6) is 0.981. The lowest BCUT2D eigenvalue weighted by Gasteiger charge is -2.24. The van der Waals surface area contributed by atoms with Gasteiger partial charge in [-0.1, -0.05) is 13.3 Å². The van der Waals surface area contributed by atoms with E-state index in [0.29, 0.717) is 0 Å². The van der Waals surface area contributed by atoms with Crippen molar-refractivity contribution in [2.45, 2.75) is 78.9 Å². The van der Waals surface area contributed by atoms with Crippen molar-refractivity contribution < 1.29 is 0 Å². The van der Waals surface area contributed by atoms with Crippen molar-refractivity contribution in [1.82, 2.24) is 10.3 Å². The van der Waals surface area contributed by atoms with Crippen molar-refractivity contribution in [2.75, 3.05) is 5.32 Å². The Labute approximate surface area is 124 Å². The van der Waals surface area contributed by atoms with Crippen LogP contribution in [-0.4, -0.2) is 16.1 Å². The Balaban J connectivity index is 2.92. The van der Waals surface area contributed by atoms with E-state index in [4.69, 9.17) is 4.98 Å². The summed E-state index contributed by atoms with van der Waals surface area (Å²) in [6, 6.07) is 4.37. The fourth-order valence-electron chi connectivity index (χ4n) is 1.95. The quantitative estimate of drug-likeness (QED) is 0.849. The van der Waals surface area contributed by atoms with Crippen LogP contribution >= 0.6 is 0 Å². The first-order chi connectivity index (χ1) is 9.09. The Morgan fingerprint density at radius 3 is 2.15 bits per heavy atom. The van der Waals surface area contributed by atoms with Gasteiger partial charge >= 0.3 is 0 Å². The highest BCUT2D eigenvalue weighted by atomic mass is 15.0. The van der Waals surface area contributed by atoms with Crippen LogP contribution in [0.1, 0.15) is 66.1 Å². The highest BCUT2D eigenvalue weighted by Gasteiger charge is 2.13. The van der Waals surface area contributed by atoms with E-state index in [1.165, 1.54) is 11.3 Å². The standard InChI is InChI=1S/C17H31N3/c1-8-9-14-10-13(12-18-16(2,3)4)11-15(19-14)20-17(5,6)7/h10-11,18H,8-9,12H2,1-7H3,(H,19,20). The van der Waals surface area contributed by atoms with Gasteiger partial charge in [0.1, 0.15) is 5.82 Å². The SMILES string of the molecule is CCCc1cc(CNC(C)(C)C)cc(NC(C)(C)C)n1. The highest BCUT2D eigenvalue weighted by Crippen LogP contribution is 2.17. The summed E-state index contributed by atoms with van der Waals surface area (Å²) in [7, 11) is 0. The van der Waals surface area contributed by atoms with E-state index in [1.54, 1.807) is 0 Å². The van der Waals surface area contributed by atoms with Crippen LogP contribution < -0.4 is 10.6 Å². The van der Waals surface area contributed by atoms with E-state index in [2.05, 4.69) is 71.2 Å². The van der Waals surface area contributed by atoms with Crippen LogP contribution in [-0.2, 0) is 13.0 Å². The number of anilines is 1. The smallest absolute Gasteiger partial charge is 0.126 e. The van der Waals surface area contributed by atoms with Gasteiger partial charge < -0.3 is 10.6 Å². The third-order valence-corrected chi connectivity index (χ3v) is 2.77. The molecule has 114 valence electrons. The van der Waals surface area contributed by atoms with Crippen molar-refractivity contribution in [3.05, 3.63) is 23.4 Å². The summed E-state index contributed by atoms with van der Waals surface area (Å²) < 4.78 is 0. The second-order valence-electron chi connectivity index (χ2n) is 7.58. The monoisotopic (exact) mass is 277 g/mol. The third kappa shape index (κ3) is 6.90. The number of nitrogens with one attached hydrogen (secondary N) is 2. The molecule has 3 nitrogen and oxygen atoms in total. The van der Waals surface area contributed by atoms with Gasteiger partial charge in [-0.25, -0.2) is 4.98 Å². The van der Waals surface area contributed by atoms with Gasteiger partial charge in [0.25, 0.3) is 0 Å². The van der Waals surface area contributed by atoms with Crippen LogP contribution in [0, 0.1) is 0 Å². The van der Waals surface area contributed by atoms with Crippen LogP contribution in [0.5, 0.6) is 0 Å². The molecule has 3 heteroatoms. The van der Waals surface area contributed by atoms with Crippen LogP contribution in [0.15, 0.2) is 12.1 Å². The molecular formula is C17H31N3. The summed E-state index contributed by atoms with van der Waals surface area (Å²) in [5.41, 5.74) is 2.64. The van der Waals surface area contributed by atoms with E-state index in [1.807, 2.05) is 0 Å². The zero-order valence-corrected chi connectivity index (χ0v) is 14.2. The molecular weight excluding hydrogens is 246 g/mol. The van der Waals surface area contributed by atoms with Gasteiger partial charge in [0.15, 0.2) is 0 Å². The van der Waals surface area contributed by atoms with Gasteiger partial charge in [0.2, 0.25) is 0 Å². The Kier molecular flexibility index (Phi) is 5.58. The molecule has 0 unspecified atom stereocenters. The summed E-state index contributed by atoms with van der Waals surface area (Å²) in [5, 5.41) is 7.02. The Morgan fingerprint density at radius 1 is 1.00 bits per heavy atom. The summed E-state index contributed by atoms with van der Waals surface area (Å²) >= 11 is 0. The molecule has 0 saturated heterocycles. The third-order valence-electron chi connectivity index (χ3n) is 2.77. The minimum atomic E-state index is 0.0343. The van der Waals surface area contributed by atoms with Crippen LogP contribution in [0.25, 0.3) is 0 Å². The maximum atomic E-state index is 4.71. The van der Waals surface area contributed by atoms with Crippen LogP contribution in [0.4, 0.5) is 5.82 Å². The number of hydrogen-bond donors (Lipinski definition) is 2. The van der Waals surface area contributed by atoms with Gasteiger partial charge in [-0.3, -0.25) is 0 Å². The molecule has 0 radical (unpaired) electrons. The van der Waals surface area contributed by atoms with Crippen LogP contribution in [0.3, 0.4) is 0 Å². The lowest BCUT2D eigenvalue weighted by molar-refractivity contribution is 0.424. The van der Waals surface area contributed by atoms with Crippen molar-refractivity contribution in [3.63, 3.8) is 0 Å². The van der Waals surface area contributed by atoms with E-state index in [0.717, 1.165) is 25.2 Å². The molecule has 2 N–H and O–H groups in total. The fourth-order valence-corrected chi connectivity index (χ4v) is 1.95. The Hall–Kier alpha value is -1.09. The first-order valence-electron chi connectivity index (χ1n) is 7.62. The summed E-state index contributed by atoms with van der Waals surface area (Å²) in [6.07, 6.45) is 2.15. The fraction of sp³-hybridized carbons (Fsp3) is 0.706. The molecule has 0 aliphatic carbocycles. The molecule has 1 aromatic heterocycles. The predicted molar refractivity (Wildman–Crippen MR) is 88.2 cm³/mol. The molecule has 0 aliphatic rings. The van der Waals surface area contributed by atoms with E-state index in [-0.39, 0.29) is 11.1 Å². The number of aryl methyl sites for hydroxylation is 1. The number of rotatable bonds is 5. The lowest BCUT2D eigenvalue weighted by Crippen LogP contribution is -2.35. The number of nitrogens with zero attached hydrogens (tertiary/aromatic N) is 1. The number of aromatic nitrogens is 1. The average Bonchev–Trinajstić information content (AvgIpc) is 2.23. The first-order valence-corrected chi connectivity index (χ1v) is 7.62. The lowest BCUT2D eigenvalue weighted by atomic mass is 10.1. The summed E-state index contributed by atoms with van der Waals surface area (Å²) in [4.78, 5) is 4.71. The maximum Gasteiger partial charge on any atom is 0.126 e. The highest BCUT2D eigenvalue weighted by molar-refractivity contribution is 5.41. The largest absolute Gasteiger partial charge is 0.365 e. The van der Waals surface area contributed by atoms with Crippen molar-refractivity contribution in [2.24, 2.45) is 0 Å². The number of hydrogen-bond acceptors (Lipinski definition) is 3. The zero-order valence-electron chi connectivity index (χ0n) is 14.2. The Bertz CT molecular complexity index is 425. The molecule has 0 aliphatic heterocycles. The summed E-state index contributed by atoms with van der Waals surface area (Å²) in [6.45, 7) is 16.1. The van der Waals surface area contributed by atoms with Gasteiger partial charge in [0, 0.05) is 23.3 Å². The normalized spacial score (nSPS) is 12.6. The van der Waals surface area contributed by atoms with Crippen molar-refractivity contribution in [3.8, 4) is 0 Å². The second-order valence-corrected chi connectivity index (χ2v) is 7.58. The van der Waals surface area contributed by atoms with Crippen molar-refractivity contribution in [1.29, 1.82) is 0 Å². The molecule has 0 bridgehead atoms. The van der Waals surface area contributed by atoms with Gasteiger partial charge in [0.05, 0.1) is 0 Å². The molecule has 0 saturated carbocycles. The van der Waals surface area contributed by atoms with E-state index in [9.17, 15) is 0 Å². The minimum Gasteiger partial charge on any atom is -0.365 e. The molecule has 1 aromatic rings. The maximum absolute atomic E-state index is 4.71. The second kappa shape index (κ2) is 6.57. The van der Waals surface area contributed by atoms with Gasteiger partial charge in [-0.2, -0.15) is 0 Å². The average molecular weight is 277 g/mol. The van der Waals surface area contributed by atoms with Gasteiger partial charge in [-0.05, 0) is 65.7 Å². The predicted octanol–water partition coefficient (Wildman–Crippen LogP) is 4.13. The zero-order chi connectivity index (χ0) is 15.4. The van der Waals surface area contributed by atoms with E-state index >= 15 is 0 Å². The molecule has 20 heavy (non-hydrogen) atoms. The topological polar surface area (TPSA) is 37.0 Å². The van der Waals surface area contributed by atoms with Gasteiger partial charge in [-0.15, -0.1) is 0 Å². The first kappa shape index (κ1) is 17.0. The number of pyridine rings is 1. The van der Waals surface area contributed by atoms with Crippen LogP contribution in [0.2, 0.25) is 0 Å². The molecule has 0 atom stereocenters. The molecule has 0 spiro atoms. The van der Waals surface area contributed by atoms with E-state index < -0.39 is 0 Å².